The van der Waals surface area contributed by atoms with Crippen LogP contribution in [0.5, 0.6) is 0 Å². The van der Waals surface area contributed by atoms with Gasteiger partial charge in [0, 0.05) is 6.42 Å². The van der Waals surface area contributed by atoms with Crippen LogP contribution in [-0.4, -0.2) is 87.5 Å². The van der Waals surface area contributed by atoms with Crippen molar-refractivity contribution in [1.82, 2.24) is 5.32 Å². The molecule has 0 radical (unpaired) electrons. The second-order valence-corrected chi connectivity index (χ2v) is 26.4. The summed E-state index contributed by atoms with van der Waals surface area (Å²) in [6.45, 7) is 3.70. The number of aliphatic hydroxyl groups excluding tert-OH is 5. The zero-order chi connectivity index (χ0) is 65.7. The molecule has 526 valence electrons. The third-order valence-electron chi connectivity index (χ3n) is 17.9. The summed E-state index contributed by atoms with van der Waals surface area (Å²) in [5.41, 5.74) is 0. The van der Waals surface area contributed by atoms with Crippen LogP contribution in [0.4, 0.5) is 0 Å². The van der Waals surface area contributed by atoms with Gasteiger partial charge >= 0.3 is 0 Å². The average Bonchev–Trinajstić information content (AvgIpc) is 1.58. The van der Waals surface area contributed by atoms with Crippen molar-refractivity contribution in [3.05, 3.63) is 109 Å². The van der Waals surface area contributed by atoms with E-state index in [9.17, 15) is 30.3 Å². The van der Waals surface area contributed by atoms with Crippen LogP contribution in [-0.2, 0) is 14.3 Å². The Hall–Kier alpha value is -3.15. The van der Waals surface area contributed by atoms with E-state index in [1.807, 2.05) is 6.08 Å². The van der Waals surface area contributed by atoms with E-state index in [0.29, 0.717) is 6.42 Å². The molecule has 1 aliphatic heterocycles. The van der Waals surface area contributed by atoms with Crippen molar-refractivity contribution in [2.75, 3.05) is 13.2 Å². The van der Waals surface area contributed by atoms with Crippen molar-refractivity contribution < 1.29 is 39.8 Å². The maximum absolute atomic E-state index is 13.2. The van der Waals surface area contributed by atoms with Gasteiger partial charge in [0.25, 0.3) is 0 Å². The summed E-state index contributed by atoms with van der Waals surface area (Å²) in [7, 11) is 0. The molecule has 0 aromatic carbocycles. The first-order chi connectivity index (χ1) is 44.8. The van der Waals surface area contributed by atoms with E-state index < -0.39 is 49.5 Å². The molecule has 9 heteroatoms. The third kappa shape index (κ3) is 58.0. The Labute approximate surface area is 561 Å². The maximum Gasteiger partial charge on any atom is 0.220 e. The first-order valence-corrected chi connectivity index (χ1v) is 38.6. The fourth-order valence-electron chi connectivity index (χ4n) is 11.9. The number of rotatable bonds is 67. The number of allylic oxidation sites excluding steroid dienone is 17. The van der Waals surface area contributed by atoms with Gasteiger partial charge in [-0.25, -0.2) is 0 Å². The van der Waals surface area contributed by atoms with Crippen LogP contribution < -0.4 is 5.32 Å². The molecule has 6 N–H and O–H groups in total. The summed E-state index contributed by atoms with van der Waals surface area (Å²) in [6.07, 6.45) is 96.4. The molecule has 0 aliphatic carbocycles. The van der Waals surface area contributed by atoms with Gasteiger partial charge in [0.2, 0.25) is 5.91 Å². The number of aliphatic hydroxyl groups is 5. The summed E-state index contributed by atoms with van der Waals surface area (Å²) in [5, 5.41) is 54.9. The zero-order valence-electron chi connectivity index (χ0n) is 59.1. The van der Waals surface area contributed by atoms with Gasteiger partial charge in [-0.3, -0.25) is 4.79 Å². The smallest absolute Gasteiger partial charge is 0.220 e. The molecule has 1 saturated heterocycles. The molecule has 7 unspecified atom stereocenters. The molecule has 7 atom stereocenters. The highest BCUT2D eigenvalue weighted by molar-refractivity contribution is 5.76. The van der Waals surface area contributed by atoms with E-state index in [-0.39, 0.29) is 12.5 Å². The van der Waals surface area contributed by atoms with E-state index in [0.717, 1.165) is 103 Å². The Morgan fingerprint density at radius 3 is 1.01 bits per heavy atom. The van der Waals surface area contributed by atoms with Gasteiger partial charge in [0.05, 0.1) is 25.4 Å². The first-order valence-electron chi connectivity index (χ1n) is 38.6. The van der Waals surface area contributed by atoms with Crippen LogP contribution in [0.15, 0.2) is 109 Å². The summed E-state index contributed by atoms with van der Waals surface area (Å²) in [6, 6.07) is -0.817. The topological polar surface area (TPSA) is 149 Å². The SMILES string of the molecule is CC/C=C\C/C=C\C/C=C\C/C=C\C/C=C\C/C=C\C/C=C\C/C=C\CCCCCCCCCCCCC(=O)NC(COC1OC(CO)C(O)C(O)C1O)C(O)/C=C/CCCCCCCCCCCCCCCCCCCCCCCCCCCCCCCCC. The van der Waals surface area contributed by atoms with Gasteiger partial charge in [-0.15, -0.1) is 0 Å². The standard InChI is InChI=1S/C82H145NO8/c1-3-5-7-9-11-13-15-17-19-21-23-25-27-29-31-33-35-37-38-40-42-44-46-48-50-52-54-56-58-60-62-64-66-68-70-72-78(86)83-75(74-90-82-81(89)80(88)79(87)77(73-84)91-82)76(85)71-69-67-65-63-61-59-57-55-53-51-49-47-45-43-41-39-36-34-32-30-28-26-24-22-20-18-16-14-12-10-8-6-4-2/h5,7,11,13,17,19,23,25,29,31,35,37,40,42,46,48,69,71,75-77,79-82,84-85,87-89H,3-4,6,8-10,12,14-16,18,20-22,24,26-28,30,32-34,36,38-39,41,43-45,47,49-68,70,72-74H2,1-2H3,(H,83,86)/b7-5-,13-11-,19-17-,25-23-,31-29-,37-35-,42-40-,48-46-,71-69+. The molecule has 91 heavy (non-hydrogen) atoms. The number of unbranched alkanes of at least 4 members (excludes halogenated alkanes) is 41. The molecule has 0 aromatic heterocycles. The van der Waals surface area contributed by atoms with E-state index in [1.165, 1.54) is 225 Å². The van der Waals surface area contributed by atoms with Crippen molar-refractivity contribution in [2.45, 2.75) is 391 Å². The summed E-state index contributed by atoms with van der Waals surface area (Å²) in [4.78, 5) is 13.2. The lowest BCUT2D eigenvalue weighted by Gasteiger charge is -2.40. The lowest BCUT2D eigenvalue weighted by atomic mass is 9.99. The van der Waals surface area contributed by atoms with Crippen LogP contribution in [0.25, 0.3) is 0 Å². The number of hydrogen-bond donors (Lipinski definition) is 6. The fraction of sp³-hybridized carbons (Fsp3) is 0.768. The predicted octanol–water partition coefficient (Wildman–Crippen LogP) is 22.0. The Morgan fingerprint density at radius 2 is 0.681 bits per heavy atom. The average molecular weight is 1270 g/mol. The molecule has 1 heterocycles. The second-order valence-electron chi connectivity index (χ2n) is 26.4. The number of hydrogen-bond acceptors (Lipinski definition) is 8. The molecule has 1 amide bonds. The third-order valence-corrected chi connectivity index (χ3v) is 17.9. The summed E-state index contributed by atoms with van der Waals surface area (Å²) in [5.74, 6) is -0.181. The molecule has 0 bridgehead atoms. The van der Waals surface area contributed by atoms with E-state index >= 15 is 0 Å². The van der Waals surface area contributed by atoms with Crippen LogP contribution in [0.2, 0.25) is 0 Å². The van der Waals surface area contributed by atoms with Gasteiger partial charge < -0.3 is 40.3 Å². The lowest BCUT2D eigenvalue weighted by molar-refractivity contribution is -0.302. The Balaban J connectivity index is 2.12. The number of amides is 1. The Bertz CT molecular complexity index is 1810. The first kappa shape index (κ1) is 85.9. The molecule has 1 rings (SSSR count). The van der Waals surface area contributed by atoms with Crippen LogP contribution in [0.1, 0.15) is 348 Å². The monoisotopic (exact) mass is 1270 g/mol. The normalized spacial score (nSPS) is 18.3. The number of nitrogens with one attached hydrogen (secondary N) is 1. The fourth-order valence-corrected chi connectivity index (χ4v) is 11.9. The molecule has 0 aromatic rings. The minimum absolute atomic E-state index is 0.181. The minimum atomic E-state index is -1.57. The molecular weight excluding hydrogens is 1130 g/mol. The van der Waals surface area contributed by atoms with E-state index in [1.54, 1.807) is 6.08 Å². The Kier molecular flexibility index (Phi) is 65.7. The van der Waals surface area contributed by atoms with Gasteiger partial charge in [-0.05, 0) is 83.5 Å². The Morgan fingerprint density at radius 1 is 0.385 bits per heavy atom. The number of ether oxygens (including phenoxy) is 2. The lowest BCUT2D eigenvalue weighted by Crippen LogP contribution is -2.60. The molecule has 0 spiro atoms. The number of carbonyl (C=O) groups is 1. The van der Waals surface area contributed by atoms with Crippen molar-refractivity contribution in [3.8, 4) is 0 Å². The zero-order valence-corrected chi connectivity index (χ0v) is 59.1. The highest BCUT2D eigenvalue weighted by Gasteiger charge is 2.44. The largest absolute Gasteiger partial charge is 0.394 e. The highest BCUT2D eigenvalue weighted by Crippen LogP contribution is 2.23. The minimum Gasteiger partial charge on any atom is -0.394 e. The molecule has 1 fully saturated rings. The van der Waals surface area contributed by atoms with Gasteiger partial charge in [0.15, 0.2) is 6.29 Å². The van der Waals surface area contributed by atoms with Gasteiger partial charge in [0.1, 0.15) is 24.4 Å². The quantitative estimate of drug-likeness (QED) is 0.0261. The molecule has 1 aliphatic rings. The number of carbonyl (C=O) groups excluding carboxylic acids is 1. The van der Waals surface area contributed by atoms with Gasteiger partial charge in [-0.2, -0.15) is 0 Å². The van der Waals surface area contributed by atoms with Crippen molar-refractivity contribution in [2.24, 2.45) is 0 Å². The van der Waals surface area contributed by atoms with Crippen LogP contribution in [0.3, 0.4) is 0 Å². The maximum atomic E-state index is 13.2. The van der Waals surface area contributed by atoms with Crippen molar-refractivity contribution in [3.63, 3.8) is 0 Å². The van der Waals surface area contributed by atoms with Crippen LogP contribution >= 0.6 is 0 Å². The highest BCUT2D eigenvalue weighted by atomic mass is 16.7. The molecular formula is C82H145NO8. The van der Waals surface area contributed by atoms with Crippen molar-refractivity contribution >= 4 is 5.91 Å². The van der Waals surface area contributed by atoms with Crippen molar-refractivity contribution in [1.29, 1.82) is 0 Å². The van der Waals surface area contributed by atoms with Crippen LogP contribution in [0, 0.1) is 0 Å². The summed E-state index contributed by atoms with van der Waals surface area (Å²) < 4.78 is 11.3. The van der Waals surface area contributed by atoms with Gasteiger partial charge in [-0.1, -0.05) is 367 Å². The molecule has 9 nitrogen and oxygen atoms in total. The van der Waals surface area contributed by atoms with E-state index in [2.05, 4.69) is 116 Å². The summed E-state index contributed by atoms with van der Waals surface area (Å²) >= 11 is 0. The molecule has 0 saturated carbocycles. The second kappa shape index (κ2) is 69.7. The predicted molar refractivity (Wildman–Crippen MR) is 391 cm³/mol. The van der Waals surface area contributed by atoms with E-state index in [4.69, 9.17) is 9.47 Å².